The van der Waals surface area contributed by atoms with Crippen LogP contribution in [0.25, 0.3) is 0 Å². The number of ether oxygens (including phenoxy) is 3. The van der Waals surface area contributed by atoms with E-state index in [9.17, 15) is 9.59 Å². The first-order chi connectivity index (χ1) is 31.6. The summed E-state index contributed by atoms with van der Waals surface area (Å²) in [6.45, 7) is 7.90. The molecule has 0 aromatic rings. The molecule has 5 heteroatoms. The maximum absolute atomic E-state index is 12.9. The normalized spacial score (nSPS) is 12.1. The van der Waals surface area contributed by atoms with Crippen LogP contribution in [0.4, 0.5) is 0 Å². The zero-order chi connectivity index (χ0) is 46.3. The fourth-order valence-corrected chi connectivity index (χ4v) is 8.92. The molecule has 0 aliphatic rings. The second-order valence-corrected chi connectivity index (χ2v) is 19.9. The van der Waals surface area contributed by atoms with Crippen molar-refractivity contribution >= 4 is 11.9 Å². The highest BCUT2D eigenvalue weighted by molar-refractivity contribution is 5.70. The Morgan fingerprint density at radius 2 is 0.609 bits per heavy atom. The van der Waals surface area contributed by atoms with Gasteiger partial charge in [0.1, 0.15) is 6.61 Å². The lowest BCUT2D eigenvalue weighted by molar-refractivity contribution is -0.163. The molecular formula is C59H114O5. The predicted octanol–water partition coefficient (Wildman–Crippen LogP) is 19.8. The molecule has 0 N–H and O–H groups in total. The fraction of sp³-hybridized carbons (Fsp3) is 0.932. The lowest BCUT2D eigenvalue weighted by Crippen LogP contribution is -2.30. The topological polar surface area (TPSA) is 61.8 Å². The Morgan fingerprint density at radius 1 is 0.328 bits per heavy atom. The second kappa shape index (κ2) is 56.0. The molecule has 0 amide bonds. The van der Waals surface area contributed by atoms with E-state index in [1.807, 2.05) is 0 Å². The van der Waals surface area contributed by atoms with E-state index in [0.29, 0.717) is 26.1 Å². The van der Waals surface area contributed by atoms with Crippen LogP contribution in [0.5, 0.6) is 0 Å². The van der Waals surface area contributed by atoms with Gasteiger partial charge in [0, 0.05) is 19.4 Å². The molecule has 0 aromatic heterocycles. The van der Waals surface area contributed by atoms with Crippen LogP contribution in [-0.4, -0.2) is 37.9 Å². The zero-order valence-electron chi connectivity index (χ0n) is 43.8. The smallest absolute Gasteiger partial charge is 0.306 e. The van der Waals surface area contributed by atoms with E-state index in [2.05, 4.69) is 32.9 Å². The molecule has 1 atom stereocenters. The quantitative estimate of drug-likeness (QED) is 0.0346. The molecule has 64 heavy (non-hydrogen) atoms. The average molecular weight is 904 g/mol. The first-order valence-electron chi connectivity index (χ1n) is 29.2. The first-order valence-corrected chi connectivity index (χ1v) is 29.2. The number of allylic oxidation sites excluding steroid dienone is 2. The summed E-state index contributed by atoms with van der Waals surface area (Å²) in [4.78, 5) is 25.5. The minimum atomic E-state index is -0.529. The second-order valence-electron chi connectivity index (χ2n) is 19.9. The molecule has 0 spiro atoms. The van der Waals surface area contributed by atoms with Gasteiger partial charge in [0.2, 0.25) is 0 Å². The molecule has 0 heterocycles. The fourth-order valence-electron chi connectivity index (χ4n) is 8.92. The Balaban J connectivity index is 4.20. The molecule has 0 rings (SSSR count). The maximum Gasteiger partial charge on any atom is 0.306 e. The largest absolute Gasteiger partial charge is 0.462 e. The summed E-state index contributed by atoms with van der Waals surface area (Å²) < 4.78 is 17.5. The van der Waals surface area contributed by atoms with E-state index in [4.69, 9.17) is 14.2 Å². The van der Waals surface area contributed by atoms with E-state index in [1.54, 1.807) is 0 Å². The predicted molar refractivity (Wildman–Crippen MR) is 279 cm³/mol. The van der Waals surface area contributed by atoms with Gasteiger partial charge in [0.15, 0.2) is 6.10 Å². The van der Waals surface area contributed by atoms with Crippen molar-refractivity contribution in [1.82, 2.24) is 0 Å². The third kappa shape index (κ3) is 53.3. The SMILES string of the molecule is CCCCCC/C=C\CCCCCCCCCC(=O)OC[C@@H](COCCCCCCCCCCCCCCCCCC)OC(=O)CCCCCCCCCCCCCCCCCCC. The van der Waals surface area contributed by atoms with E-state index < -0.39 is 6.10 Å². The van der Waals surface area contributed by atoms with Gasteiger partial charge < -0.3 is 14.2 Å². The van der Waals surface area contributed by atoms with E-state index in [1.165, 1.54) is 263 Å². The molecule has 0 aliphatic carbocycles. The Kier molecular flexibility index (Phi) is 54.8. The van der Waals surface area contributed by atoms with Crippen molar-refractivity contribution < 1.29 is 23.8 Å². The van der Waals surface area contributed by atoms with Crippen molar-refractivity contribution in [3.05, 3.63) is 12.2 Å². The van der Waals surface area contributed by atoms with Gasteiger partial charge in [-0.3, -0.25) is 9.59 Å². The van der Waals surface area contributed by atoms with Crippen molar-refractivity contribution in [1.29, 1.82) is 0 Å². The molecule has 0 aliphatic heterocycles. The van der Waals surface area contributed by atoms with Gasteiger partial charge in [-0.15, -0.1) is 0 Å². The van der Waals surface area contributed by atoms with Crippen molar-refractivity contribution in [3.8, 4) is 0 Å². The van der Waals surface area contributed by atoms with E-state index in [0.717, 1.165) is 32.1 Å². The minimum absolute atomic E-state index is 0.0930. The number of unbranched alkanes of at least 4 members (excludes halogenated alkanes) is 42. The molecule has 0 fully saturated rings. The maximum atomic E-state index is 12.9. The lowest BCUT2D eigenvalue weighted by Gasteiger charge is -2.18. The molecule has 0 saturated carbocycles. The number of hydrogen-bond donors (Lipinski definition) is 0. The first kappa shape index (κ1) is 62.6. The summed E-state index contributed by atoms with van der Waals surface area (Å²) in [5.74, 6) is -0.375. The molecule has 0 bridgehead atoms. The molecular weight excluding hydrogens is 789 g/mol. The van der Waals surface area contributed by atoms with Gasteiger partial charge >= 0.3 is 11.9 Å². The highest BCUT2D eigenvalue weighted by Gasteiger charge is 2.17. The lowest BCUT2D eigenvalue weighted by atomic mass is 10.0. The summed E-state index contributed by atoms with van der Waals surface area (Å²) in [6, 6.07) is 0. The molecule has 0 aromatic carbocycles. The van der Waals surface area contributed by atoms with Crippen LogP contribution in [0.3, 0.4) is 0 Å². The van der Waals surface area contributed by atoms with Crippen molar-refractivity contribution in [3.63, 3.8) is 0 Å². The van der Waals surface area contributed by atoms with E-state index >= 15 is 0 Å². The van der Waals surface area contributed by atoms with Gasteiger partial charge in [0.05, 0.1) is 6.61 Å². The number of esters is 2. The van der Waals surface area contributed by atoms with Crippen LogP contribution >= 0.6 is 0 Å². The monoisotopic (exact) mass is 903 g/mol. The number of hydrogen-bond acceptors (Lipinski definition) is 5. The Bertz CT molecular complexity index is 932. The average Bonchev–Trinajstić information content (AvgIpc) is 3.30. The summed E-state index contributed by atoms with van der Waals surface area (Å²) >= 11 is 0. The van der Waals surface area contributed by atoms with Crippen LogP contribution in [0, 0.1) is 0 Å². The van der Waals surface area contributed by atoms with Gasteiger partial charge in [-0.05, 0) is 44.9 Å². The van der Waals surface area contributed by atoms with Crippen LogP contribution < -0.4 is 0 Å². The van der Waals surface area contributed by atoms with Gasteiger partial charge in [-0.2, -0.15) is 0 Å². The third-order valence-electron chi connectivity index (χ3n) is 13.3. The molecule has 0 radical (unpaired) electrons. The van der Waals surface area contributed by atoms with Crippen LogP contribution in [0.1, 0.15) is 329 Å². The standard InChI is InChI=1S/C59H114O5/c1-4-7-10-13-16-19-22-25-28-30-32-35-38-41-44-47-50-53-59(61)64-57(55-62-54-51-48-45-42-39-36-33-29-26-23-20-17-14-11-8-5-2)56-63-58(60)52-49-46-43-40-37-34-31-27-24-21-18-15-12-9-6-3/h21,24,57H,4-20,22-23,25-56H2,1-3H3/b24-21-/t57-/m1/s1. The summed E-state index contributed by atoms with van der Waals surface area (Å²) in [5, 5.41) is 0. The van der Waals surface area contributed by atoms with E-state index in [-0.39, 0.29) is 18.5 Å². The van der Waals surface area contributed by atoms with Crippen LogP contribution in [0.15, 0.2) is 12.2 Å². The third-order valence-corrected chi connectivity index (χ3v) is 13.3. The summed E-state index contributed by atoms with van der Waals surface area (Å²) in [6.07, 6.45) is 65.1. The molecule has 0 saturated heterocycles. The number of rotatable bonds is 55. The summed E-state index contributed by atoms with van der Waals surface area (Å²) in [7, 11) is 0. The van der Waals surface area contributed by atoms with Gasteiger partial charge in [-0.25, -0.2) is 0 Å². The summed E-state index contributed by atoms with van der Waals surface area (Å²) in [5.41, 5.74) is 0. The highest BCUT2D eigenvalue weighted by Crippen LogP contribution is 2.17. The molecule has 5 nitrogen and oxygen atoms in total. The molecule has 380 valence electrons. The van der Waals surface area contributed by atoms with Crippen LogP contribution in [0.2, 0.25) is 0 Å². The van der Waals surface area contributed by atoms with Crippen molar-refractivity contribution in [2.75, 3.05) is 19.8 Å². The van der Waals surface area contributed by atoms with Crippen molar-refractivity contribution in [2.45, 2.75) is 335 Å². The highest BCUT2D eigenvalue weighted by atomic mass is 16.6. The minimum Gasteiger partial charge on any atom is -0.462 e. The zero-order valence-corrected chi connectivity index (χ0v) is 43.8. The number of carbonyl (C=O) groups excluding carboxylic acids is 2. The van der Waals surface area contributed by atoms with Crippen LogP contribution in [-0.2, 0) is 23.8 Å². The Hall–Kier alpha value is -1.36. The van der Waals surface area contributed by atoms with Gasteiger partial charge in [0.25, 0.3) is 0 Å². The Labute approximate surface area is 401 Å². The Morgan fingerprint density at radius 3 is 0.969 bits per heavy atom. The molecule has 0 unspecified atom stereocenters. The van der Waals surface area contributed by atoms with Crippen molar-refractivity contribution in [2.24, 2.45) is 0 Å². The number of carbonyl (C=O) groups is 2. The van der Waals surface area contributed by atoms with Gasteiger partial charge in [-0.1, -0.05) is 283 Å².